The molecule has 20 heavy (non-hydrogen) atoms. The van der Waals surface area contributed by atoms with Crippen molar-refractivity contribution in [2.75, 3.05) is 6.54 Å². The van der Waals surface area contributed by atoms with E-state index < -0.39 is 0 Å². The van der Waals surface area contributed by atoms with Gasteiger partial charge in [0, 0.05) is 30.5 Å². The third kappa shape index (κ3) is 2.16. The average Bonchev–Trinajstić information content (AvgIpc) is 3.24. The van der Waals surface area contributed by atoms with Crippen molar-refractivity contribution in [3.63, 3.8) is 0 Å². The first-order valence-electron chi connectivity index (χ1n) is 6.94. The van der Waals surface area contributed by atoms with Gasteiger partial charge in [-0.1, -0.05) is 18.2 Å². The maximum Gasteiger partial charge on any atom is 0.270 e. The van der Waals surface area contributed by atoms with Crippen LogP contribution in [-0.4, -0.2) is 28.0 Å². The summed E-state index contributed by atoms with van der Waals surface area (Å²) in [6.45, 7) is 0.529. The summed E-state index contributed by atoms with van der Waals surface area (Å²) in [5.41, 5.74) is 1.77. The summed E-state index contributed by atoms with van der Waals surface area (Å²) in [4.78, 5) is 14.6. The molecule has 4 nitrogen and oxygen atoms in total. The highest BCUT2D eigenvalue weighted by Gasteiger charge is 2.33. The van der Waals surface area contributed by atoms with E-state index in [9.17, 15) is 4.79 Å². The second kappa shape index (κ2) is 5.01. The van der Waals surface area contributed by atoms with Gasteiger partial charge >= 0.3 is 0 Å². The number of hydrogen-bond donors (Lipinski definition) is 0. The third-order valence-electron chi connectivity index (χ3n) is 3.88. The lowest BCUT2D eigenvalue weighted by Crippen LogP contribution is -2.35. The van der Waals surface area contributed by atoms with Crippen molar-refractivity contribution in [1.82, 2.24) is 9.47 Å². The molecule has 1 aromatic heterocycles. The molecule has 0 spiro atoms. The number of para-hydroxylation sites is 1. The molecule has 1 heterocycles. The van der Waals surface area contributed by atoms with Gasteiger partial charge in [-0.3, -0.25) is 4.79 Å². The molecule has 3 rings (SSSR count). The zero-order valence-corrected chi connectivity index (χ0v) is 11.5. The first-order chi connectivity index (χ1) is 9.72. The van der Waals surface area contributed by atoms with Gasteiger partial charge in [0.2, 0.25) is 0 Å². The number of nitrogens with zero attached hydrogens (tertiary/aromatic N) is 3. The molecule has 0 aliphatic heterocycles. The molecule has 1 saturated carbocycles. The van der Waals surface area contributed by atoms with E-state index in [0.29, 0.717) is 24.7 Å². The molecule has 0 bridgehead atoms. The lowest BCUT2D eigenvalue weighted by molar-refractivity contribution is 0.0737. The van der Waals surface area contributed by atoms with Crippen molar-refractivity contribution in [2.24, 2.45) is 7.05 Å². The number of fused-ring (bicyclic) bond motifs is 1. The molecule has 1 amide bonds. The molecule has 0 radical (unpaired) electrons. The van der Waals surface area contributed by atoms with Gasteiger partial charge < -0.3 is 9.47 Å². The number of carbonyl (C=O) groups excluding carboxylic acids is 1. The van der Waals surface area contributed by atoms with E-state index in [2.05, 4.69) is 6.07 Å². The maximum absolute atomic E-state index is 12.7. The average molecular weight is 267 g/mol. The first-order valence-corrected chi connectivity index (χ1v) is 6.94. The number of hydrogen-bond acceptors (Lipinski definition) is 2. The lowest BCUT2D eigenvalue weighted by Gasteiger charge is -2.21. The number of benzene rings is 1. The summed E-state index contributed by atoms with van der Waals surface area (Å²) in [7, 11) is 1.92. The predicted octanol–water partition coefficient (Wildman–Crippen LogP) is 2.70. The standard InChI is InChI=1S/C16H17N3O/c1-18-14-6-3-2-5-12(14)11-15(18)16(20)19(10-4-9-17)13-7-8-13/h2-3,5-6,11,13H,4,7-8,10H2,1H3. The van der Waals surface area contributed by atoms with Gasteiger partial charge in [0.1, 0.15) is 5.69 Å². The molecule has 2 aromatic rings. The summed E-state index contributed by atoms with van der Waals surface area (Å²) < 4.78 is 1.94. The van der Waals surface area contributed by atoms with Crippen LogP contribution in [0.15, 0.2) is 30.3 Å². The van der Waals surface area contributed by atoms with Crippen molar-refractivity contribution >= 4 is 16.8 Å². The molecular formula is C16H17N3O. The summed E-state index contributed by atoms with van der Waals surface area (Å²) in [6.07, 6.45) is 2.51. The zero-order valence-electron chi connectivity index (χ0n) is 11.5. The van der Waals surface area contributed by atoms with Gasteiger partial charge in [0.15, 0.2) is 0 Å². The number of aryl methyl sites for hydroxylation is 1. The van der Waals surface area contributed by atoms with E-state index in [-0.39, 0.29) is 5.91 Å². The molecule has 0 N–H and O–H groups in total. The highest BCUT2D eigenvalue weighted by Crippen LogP contribution is 2.29. The Balaban J connectivity index is 1.94. The van der Waals surface area contributed by atoms with Gasteiger partial charge in [0.05, 0.1) is 12.5 Å². The van der Waals surface area contributed by atoms with Crippen LogP contribution in [0.4, 0.5) is 0 Å². The number of amides is 1. The van der Waals surface area contributed by atoms with Crippen LogP contribution in [0, 0.1) is 11.3 Å². The highest BCUT2D eigenvalue weighted by molar-refractivity contribution is 5.99. The fourth-order valence-electron chi connectivity index (χ4n) is 2.65. The third-order valence-corrected chi connectivity index (χ3v) is 3.88. The monoisotopic (exact) mass is 267 g/mol. The van der Waals surface area contributed by atoms with Crippen LogP contribution in [0.2, 0.25) is 0 Å². The smallest absolute Gasteiger partial charge is 0.270 e. The van der Waals surface area contributed by atoms with Gasteiger partial charge in [-0.05, 0) is 25.0 Å². The lowest BCUT2D eigenvalue weighted by atomic mass is 10.2. The Kier molecular flexibility index (Phi) is 3.19. The van der Waals surface area contributed by atoms with E-state index in [1.807, 2.05) is 46.8 Å². The van der Waals surface area contributed by atoms with E-state index in [0.717, 1.165) is 23.7 Å². The zero-order chi connectivity index (χ0) is 14.1. The fourth-order valence-corrected chi connectivity index (χ4v) is 2.65. The van der Waals surface area contributed by atoms with Crippen LogP contribution in [0.3, 0.4) is 0 Å². The molecule has 4 heteroatoms. The van der Waals surface area contributed by atoms with Gasteiger partial charge in [-0.2, -0.15) is 5.26 Å². The highest BCUT2D eigenvalue weighted by atomic mass is 16.2. The number of aromatic nitrogens is 1. The molecular weight excluding hydrogens is 250 g/mol. The Morgan fingerprint density at radius 2 is 2.20 bits per heavy atom. The van der Waals surface area contributed by atoms with Crippen LogP contribution < -0.4 is 0 Å². The summed E-state index contributed by atoms with van der Waals surface area (Å²) in [5, 5.41) is 9.82. The van der Waals surface area contributed by atoms with Crippen LogP contribution in [0.1, 0.15) is 29.8 Å². The van der Waals surface area contributed by atoms with E-state index in [1.54, 1.807) is 0 Å². The van der Waals surface area contributed by atoms with E-state index >= 15 is 0 Å². The Morgan fingerprint density at radius 3 is 2.85 bits per heavy atom. The van der Waals surface area contributed by atoms with Crippen LogP contribution in [0.25, 0.3) is 10.9 Å². The molecule has 0 saturated heterocycles. The Morgan fingerprint density at radius 1 is 1.45 bits per heavy atom. The van der Waals surface area contributed by atoms with Crippen LogP contribution in [0.5, 0.6) is 0 Å². The van der Waals surface area contributed by atoms with Crippen molar-refractivity contribution in [2.45, 2.75) is 25.3 Å². The van der Waals surface area contributed by atoms with Crippen LogP contribution in [-0.2, 0) is 7.05 Å². The number of nitriles is 1. The minimum Gasteiger partial charge on any atom is -0.340 e. The Bertz CT molecular complexity index is 691. The van der Waals surface area contributed by atoms with Gasteiger partial charge in [0.25, 0.3) is 5.91 Å². The van der Waals surface area contributed by atoms with Crippen molar-refractivity contribution in [3.05, 3.63) is 36.0 Å². The fraction of sp³-hybridized carbons (Fsp3) is 0.375. The quantitative estimate of drug-likeness (QED) is 0.855. The second-order valence-electron chi connectivity index (χ2n) is 5.29. The minimum absolute atomic E-state index is 0.0430. The van der Waals surface area contributed by atoms with Gasteiger partial charge in [-0.25, -0.2) is 0 Å². The van der Waals surface area contributed by atoms with E-state index in [4.69, 9.17) is 5.26 Å². The van der Waals surface area contributed by atoms with Gasteiger partial charge in [-0.15, -0.1) is 0 Å². The van der Waals surface area contributed by atoms with Crippen LogP contribution >= 0.6 is 0 Å². The minimum atomic E-state index is 0.0430. The molecule has 1 aromatic carbocycles. The molecule has 0 unspecified atom stereocenters. The SMILES string of the molecule is Cn1c(C(=O)N(CCC#N)C2CC2)cc2ccccc21. The van der Waals surface area contributed by atoms with E-state index in [1.165, 1.54) is 0 Å². The molecule has 1 aliphatic carbocycles. The summed E-state index contributed by atoms with van der Waals surface area (Å²) in [6, 6.07) is 12.4. The van der Waals surface area contributed by atoms with Crippen molar-refractivity contribution in [3.8, 4) is 6.07 Å². The molecule has 102 valence electrons. The Labute approximate surface area is 118 Å². The molecule has 0 atom stereocenters. The first kappa shape index (κ1) is 12.7. The maximum atomic E-state index is 12.7. The number of carbonyl (C=O) groups is 1. The Hall–Kier alpha value is -2.28. The van der Waals surface area contributed by atoms with Crippen molar-refractivity contribution < 1.29 is 4.79 Å². The molecule has 1 fully saturated rings. The summed E-state index contributed by atoms with van der Waals surface area (Å²) >= 11 is 0. The molecule has 1 aliphatic rings. The number of rotatable bonds is 4. The normalized spacial score (nSPS) is 14.2. The largest absolute Gasteiger partial charge is 0.340 e. The van der Waals surface area contributed by atoms with Crippen molar-refractivity contribution in [1.29, 1.82) is 5.26 Å². The predicted molar refractivity (Wildman–Crippen MR) is 77.2 cm³/mol. The second-order valence-corrected chi connectivity index (χ2v) is 5.29. The topological polar surface area (TPSA) is 49.0 Å². The summed E-state index contributed by atoms with van der Waals surface area (Å²) in [5.74, 6) is 0.0430.